The molecule has 3 atom stereocenters. The lowest BCUT2D eigenvalue weighted by atomic mass is 9.86. The van der Waals surface area contributed by atoms with Gasteiger partial charge in [-0.1, -0.05) is 31.5 Å². The molecule has 7 heteroatoms. The van der Waals surface area contributed by atoms with Crippen LogP contribution in [0.1, 0.15) is 39.5 Å². The summed E-state index contributed by atoms with van der Waals surface area (Å²) >= 11 is 1.39. The predicted octanol–water partition coefficient (Wildman–Crippen LogP) is 1.39. The summed E-state index contributed by atoms with van der Waals surface area (Å²) in [5.41, 5.74) is 0. The van der Waals surface area contributed by atoms with Crippen LogP contribution in [0.2, 0.25) is 0 Å². The minimum absolute atomic E-state index is 0.0757. The number of carbonyl (C=O) groups is 1. The molecule has 1 saturated carbocycles. The lowest BCUT2D eigenvalue weighted by molar-refractivity contribution is -0.121. The average molecular weight is 283 g/mol. The SMILES string of the molecule is CC(Sc1nnnn1C)C(=O)NC1CCCCC1C. The second kappa shape index (κ2) is 6.36. The molecule has 3 unspecified atom stereocenters. The second-order valence-corrected chi connectivity index (χ2v) is 6.53. The Labute approximate surface area is 117 Å². The van der Waals surface area contributed by atoms with E-state index >= 15 is 0 Å². The van der Waals surface area contributed by atoms with Crippen molar-refractivity contribution in [3.05, 3.63) is 0 Å². The number of amides is 1. The van der Waals surface area contributed by atoms with Crippen LogP contribution >= 0.6 is 11.8 Å². The van der Waals surface area contributed by atoms with Gasteiger partial charge in [-0.2, -0.15) is 0 Å². The van der Waals surface area contributed by atoms with Crippen molar-refractivity contribution in [1.82, 2.24) is 25.5 Å². The minimum Gasteiger partial charge on any atom is -0.352 e. The second-order valence-electron chi connectivity index (χ2n) is 5.22. The lowest BCUT2D eigenvalue weighted by Crippen LogP contribution is -2.44. The first-order valence-electron chi connectivity index (χ1n) is 6.77. The maximum Gasteiger partial charge on any atom is 0.233 e. The third-order valence-corrected chi connectivity index (χ3v) is 4.80. The predicted molar refractivity (Wildman–Crippen MR) is 73.7 cm³/mol. The summed E-state index contributed by atoms with van der Waals surface area (Å²) in [4.78, 5) is 12.2. The zero-order valence-corrected chi connectivity index (χ0v) is 12.5. The molecule has 0 aromatic carbocycles. The summed E-state index contributed by atoms with van der Waals surface area (Å²) in [5, 5.41) is 14.9. The summed E-state index contributed by atoms with van der Waals surface area (Å²) < 4.78 is 1.58. The van der Waals surface area contributed by atoms with Crippen molar-refractivity contribution in [2.75, 3.05) is 0 Å². The molecule has 1 fully saturated rings. The van der Waals surface area contributed by atoms with Gasteiger partial charge < -0.3 is 5.32 Å². The van der Waals surface area contributed by atoms with Crippen molar-refractivity contribution in [3.8, 4) is 0 Å². The monoisotopic (exact) mass is 283 g/mol. The Morgan fingerprint density at radius 1 is 1.47 bits per heavy atom. The normalized spacial score (nSPS) is 25.0. The molecule has 1 N–H and O–H groups in total. The quantitative estimate of drug-likeness (QED) is 0.845. The first kappa shape index (κ1) is 14.3. The fourth-order valence-corrected chi connectivity index (χ4v) is 3.13. The van der Waals surface area contributed by atoms with Gasteiger partial charge in [-0.05, 0) is 36.1 Å². The summed E-state index contributed by atoms with van der Waals surface area (Å²) in [6.07, 6.45) is 4.79. The van der Waals surface area contributed by atoms with Gasteiger partial charge in [0.2, 0.25) is 11.1 Å². The summed E-state index contributed by atoms with van der Waals surface area (Å²) in [5.74, 6) is 0.651. The Bertz CT molecular complexity index is 436. The lowest BCUT2D eigenvalue weighted by Gasteiger charge is -2.30. The molecule has 0 bridgehead atoms. The van der Waals surface area contributed by atoms with Crippen LogP contribution in [-0.2, 0) is 11.8 Å². The molecule has 1 aliphatic rings. The van der Waals surface area contributed by atoms with Crippen LogP contribution in [0.25, 0.3) is 0 Å². The Morgan fingerprint density at radius 2 is 2.21 bits per heavy atom. The summed E-state index contributed by atoms with van der Waals surface area (Å²) in [6, 6.07) is 0.321. The van der Waals surface area contributed by atoms with E-state index in [1.165, 1.54) is 31.0 Å². The summed E-state index contributed by atoms with van der Waals surface area (Å²) in [7, 11) is 1.77. The first-order chi connectivity index (χ1) is 9.08. The van der Waals surface area contributed by atoms with E-state index in [2.05, 4.69) is 27.8 Å². The van der Waals surface area contributed by atoms with Crippen molar-refractivity contribution in [3.63, 3.8) is 0 Å². The minimum atomic E-state index is -0.182. The van der Waals surface area contributed by atoms with Gasteiger partial charge in [0.25, 0.3) is 0 Å². The zero-order valence-electron chi connectivity index (χ0n) is 11.7. The number of aryl methyl sites for hydroxylation is 1. The maximum absolute atomic E-state index is 12.2. The van der Waals surface area contributed by atoms with E-state index in [-0.39, 0.29) is 11.2 Å². The first-order valence-corrected chi connectivity index (χ1v) is 7.65. The molecule has 1 amide bonds. The molecule has 0 spiro atoms. The largest absolute Gasteiger partial charge is 0.352 e. The van der Waals surface area contributed by atoms with Gasteiger partial charge in [0.1, 0.15) is 0 Å². The average Bonchev–Trinajstić information content (AvgIpc) is 2.78. The molecule has 19 heavy (non-hydrogen) atoms. The molecule has 1 aromatic rings. The van der Waals surface area contributed by atoms with Crippen molar-refractivity contribution in [1.29, 1.82) is 0 Å². The van der Waals surface area contributed by atoms with Crippen LogP contribution < -0.4 is 5.32 Å². The highest BCUT2D eigenvalue weighted by molar-refractivity contribution is 8.00. The fourth-order valence-electron chi connectivity index (χ4n) is 2.36. The maximum atomic E-state index is 12.2. The number of aromatic nitrogens is 4. The molecule has 1 heterocycles. The van der Waals surface area contributed by atoms with E-state index in [1.807, 2.05) is 6.92 Å². The Kier molecular flexibility index (Phi) is 4.79. The number of hydrogen-bond acceptors (Lipinski definition) is 5. The standard InChI is InChI=1S/C12H21N5OS/c1-8-6-4-5-7-10(8)13-11(18)9(2)19-12-14-15-16-17(12)3/h8-10H,4-7H2,1-3H3,(H,13,18). The zero-order chi connectivity index (χ0) is 13.8. The third kappa shape index (κ3) is 3.68. The van der Waals surface area contributed by atoms with E-state index in [1.54, 1.807) is 11.7 Å². The van der Waals surface area contributed by atoms with Gasteiger partial charge in [-0.3, -0.25) is 4.79 Å². The topological polar surface area (TPSA) is 72.7 Å². The van der Waals surface area contributed by atoms with Crippen LogP contribution in [0.15, 0.2) is 5.16 Å². The molecule has 0 aliphatic heterocycles. The van der Waals surface area contributed by atoms with Gasteiger partial charge in [-0.25, -0.2) is 4.68 Å². The van der Waals surface area contributed by atoms with Gasteiger partial charge >= 0.3 is 0 Å². The molecule has 1 aliphatic carbocycles. The molecule has 106 valence electrons. The molecule has 2 rings (SSSR count). The highest BCUT2D eigenvalue weighted by atomic mass is 32.2. The highest BCUT2D eigenvalue weighted by Gasteiger charge is 2.25. The Morgan fingerprint density at radius 3 is 2.84 bits per heavy atom. The van der Waals surface area contributed by atoms with Crippen LogP contribution in [0.5, 0.6) is 0 Å². The number of tetrazole rings is 1. The molecule has 6 nitrogen and oxygen atoms in total. The van der Waals surface area contributed by atoms with Gasteiger partial charge in [0.15, 0.2) is 0 Å². The fraction of sp³-hybridized carbons (Fsp3) is 0.833. The highest BCUT2D eigenvalue weighted by Crippen LogP contribution is 2.25. The smallest absolute Gasteiger partial charge is 0.233 e. The van der Waals surface area contributed by atoms with Crippen LogP contribution in [0.3, 0.4) is 0 Å². The van der Waals surface area contributed by atoms with Gasteiger partial charge in [0, 0.05) is 13.1 Å². The summed E-state index contributed by atoms with van der Waals surface area (Å²) in [6.45, 7) is 4.11. The van der Waals surface area contributed by atoms with E-state index in [9.17, 15) is 4.79 Å². The Balaban J connectivity index is 1.87. The molecule has 0 radical (unpaired) electrons. The van der Waals surface area contributed by atoms with Crippen LogP contribution in [-0.4, -0.2) is 37.4 Å². The van der Waals surface area contributed by atoms with E-state index in [4.69, 9.17) is 0 Å². The van der Waals surface area contributed by atoms with Crippen molar-refractivity contribution < 1.29 is 4.79 Å². The van der Waals surface area contributed by atoms with Crippen molar-refractivity contribution >= 4 is 17.7 Å². The molecule has 1 aromatic heterocycles. The number of nitrogens with zero attached hydrogens (tertiary/aromatic N) is 4. The van der Waals surface area contributed by atoms with Crippen molar-refractivity contribution in [2.24, 2.45) is 13.0 Å². The third-order valence-electron chi connectivity index (χ3n) is 3.67. The Hall–Kier alpha value is -1.11. The van der Waals surface area contributed by atoms with Gasteiger partial charge in [0.05, 0.1) is 5.25 Å². The van der Waals surface area contributed by atoms with E-state index < -0.39 is 0 Å². The number of nitrogens with one attached hydrogen (secondary N) is 1. The molecular weight excluding hydrogens is 262 g/mol. The number of carbonyl (C=O) groups excluding carboxylic acids is 1. The van der Waals surface area contributed by atoms with E-state index in [0.717, 1.165) is 6.42 Å². The molecule has 0 saturated heterocycles. The van der Waals surface area contributed by atoms with Gasteiger partial charge in [-0.15, -0.1) is 5.10 Å². The van der Waals surface area contributed by atoms with Crippen LogP contribution in [0, 0.1) is 5.92 Å². The number of rotatable bonds is 4. The van der Waals surface area contributed by atoms with Crippen molar-refractivity contribution in [2.45, 2.75) is 56.0 Å². The van der Waals surface area contributed by atoms with E-state index in [0.29, 0.717) is 17.1 Å². The number of hydrogen-bond donors (Lipinski definition) is 1. The van der Waals surface area contributed by atoms with Crippen LogP contribution in [0.4, 0.5) is 0 Å². The molecular formula is C12H21N5OS. The number of thioether (sulfide) groups is 1.